The molecule has 0 bridgehead atoms. The van der Waals surface area contributed by atoms with Crippen LogP contribution in [0.1, 0.15) is 24.5 Å². The Kier molecular flexibility index (Phi) is 4.20. The van der Waals surface area contributed by atoms with Gasteiger partial charge in [0.1, 0.15) is 5.83 Å². The first-order valence-electron chi connectivity index (χ1n) is 6.60. The minimum Gasteiger partial charge on any atom is -0.318 e. The molecular formula is C15H19FN2O. The van der Waals surface area contributed by atoms with Crippen LogP contribution in [0, 0.1) is 6.92 Å². The van der Waals surface area contributed by atoms with Gasteiger partial charge in [0.05, 0.1) is 6.54 Å². The molecule has 2 rings (SSSR count). The first-order chi connectivity index (χ1) is 9.11. The fourth-order valence-electron chi connectivity index (χ4n) is 2.26. The standard InChI is InChI=1S/C15H19FN2O/c1-3-12-7-4-6-11(2)14(12)17-15(19)18-9-5-8-13(16)10-18/h4,6-8H,3,5,9-10H2,1-2H3,(H,17,19). The number of hydrogen-bond acceptors (Lipinski definition) is 1. The van der Waals surface area contributed by atoms with Crippen LogP contribution in [-0.2, 0) is 6.42 Å². The van der Waals surface area contributed by atoms with E-state index in [1.54, 1.807) is 0 Å². The van der Waals surface area contributed by atoms with Crippen molar-refractivity contribution in [2.24, 2.45) is 0 Å². The zero-order valence-corrected chi connectivity index (χ0v) is 11.4. The second-order valence-corrected chi connectivity index (χ2v) is 4.75. The topological polar surface area (TPSA) is 32.3 Å². The van der Waals surface area contributed by atoms with Crippen LogP contribution in [0.25, 0.3) is 0 Å². The summed E-state index contributed by atoms with van der Waals surface area (Å²) in [6.07, 6.45) is 2.97. The predicted octanol–water partition coefficient (Wildman–Crippen LogP) is 3.65. The number of anilines is 1. The maximum atomic E-state index is 13.2. The Morgan fingerprint density at radius 3 is 2.95 bits per heavy atom. The molecule has 0 saturated carbocycles. The lowest BCUT2D eigenvalue weighted by atomic mass is 10.1. The highest BCUT2D eigenvalue weighted by molar-refractivity contribution is 5.91. The van der Waals surface area contributed by atoms with Crippen LogP contribution in [0.3, 0.4) is 0 Å². The van der Waals surface area contributed by atoms with Crippen LogP contribution in [0.5, 0.6) is 0 Å². The Bertz CT molecular complexity index is 511. The number of halogens is 1. The molecule has 0 fully saturated rings. The molecule has 0 aromatic heterocycles. The van der Waals surface area contributed by atoms with E-state index in [1.165, 1.54) is 11.0 Å². The van der Waals surface area contributed by atoms with E-state index >= 15 is 0 Å². The highest BCUT2D eigenvalue weighted by atomic mass is 19.1. The first kappa shape index (κ1) is 13.6. The average Bonchev–Trinajstić information content (AvgIpc) is 2.41. The lowest BCUT2D eigenvalue weighted by Gasteiger charge is -2.25. The molecule has 1 aliphatic heterocycles. The van der Waals surface area contributed by atoms with Gasteiger partial charge in [-0.25, -0.2) is 9.18 Å². The fourth-order valence-corrected chi connectivity index (χ4v) is 2.26. The molecule has 1 aromatic carbocycles. The van der Waals surface area contributed by atoms with Crippen molar-refractivity contribution in [2.75, 3.05) is 18.4 Å². The number of urea groups is 1. The third kappa shape index (κ3) is 3.13. The summed E-state index contributed by atoms with van der Waals surface area (Å²) in [6, 6.07) is 5.71. The molecule has 0 saturated heterocycles. The van der Waals surface area contributed by atoms with Gasteiger partial charge in [-0.15, -0.1) is 0 Å². The van der Waals surface area contributed by atoms with Gasteiger partial charge in [-0.2, -0.15) is 0 Å². The van der Waals surface area contributed by atoms with Gasteiger partial charge in [0.2, 0.25) is 0 Å². The molecule has 2 amide bonds. The summed E-state index contributed by atoms with van der Waals surface area (Å²) in [4.78, 5) is 13.7. The molecule has 0 atom stereocenters. The van der Waals surface area contributed by atoms with Crippen molar-refractivity contribution in [3.8, 4) is 0 Å². The maximum absolute atomic E-state index is 13.2. The maximum Gasteiger partial charge on any atom is 0.322 e. The molecule has 3 nitrogen and oxygen atoms in total. The number of benzene rings is 1. The number of nitrogens with one attached hydrogen (secondary N) is 1. The Morgan fingerprint density at radius 2 is 2.26 bits per heavy atom. The third-order valence-corrected chi connectivity index (χ3v) is 3.37. The van der Waals surface area contributed by atoms with E-state index in [-0.39, 0.29) is 18.4 Å². The third-order valence-electron chi connectivity index (χ3n) is 3.37. The Morgan fingerprint density at radius 1 is 1.47 bits per heavy atom. The van der Waals surface area contributed by atoms with Crippen LogP contribution < -0.4 is 5.32 Å². The van der Waals surface area contributed by atoms with E-state index in [1.807, 2.05) is 32.0 Å². The van der Waals surface area contributed by atoms with Gasteiger partial charge < -0.3 is 10.2 Å². The number of carbonyl (C=O) groups is 1. The zero-order valence-electron chi connectivity index (χ0n) is 11.4. The van der Waals surface area contributed by atoms with Gasteiger partial charge in [0.15, 0.2) is 0 Å². The van der Waals surface area contributed by atoms with Crippen molar-refractivity contribution < 1.29 is 9.18 Å². The number of amides is 2. The van der Waals surface area contributed by atoms with Crippen molar-refractivity contribution in [1.82, 2.24) is 4.90 Å². The summed E-state index contributed by atoms with van der Waals surface area (Å²) in [5.41, 5.74) is 2.98. The van der Waals surface area contributed by atoms with Gasteiger partial charge >= 0.3 is 6.03 Å². The van der Waals surface area contributed by atoms with Crippen LogP contribution in [0.4, 0.5) is 14.9 Å². The van der Waals surface area contributed by atoms with Gasteiger partial charge in [0.25, 0.3) is 0 Å². The molecule has 0 spiro atoms. The second kappa shape index (κ2) is 5.87. The van der Waals surface area contributed by atoms with Gasteiger partial charge in [-0.1, -0.05) is 25.1 Å². The molecular weight excluding hydrogens is 243 g/mol. The highest BCUT2D eigenvalue weighted by Crippen LogP contribution is 2.22. The zero-order chi connectivity index (χ0) is 13.8. The van der Waals surface area contributed by atoms with E-state index < -0.39 is 0 Å². The highest BCUT2D eigenvalue weighted by Gasteiger charge is 2.19. The quantitative estimate of drug-likeness (QED) is 0.867. The lowest BCUT2D eigenvalue weighted by molar-refractivity contribution is 0.210. The van der Waals surface area contributed by atoms with E-state index in [0.717, 1.165) is 23.2 Å². The van der Waals surface area contributed by atoms with Gasteiger partial charge in [-0.05, 0) is 37.0 Å². The molecule has 0 aliphatic carbocycles. The predicted molar refractivity (Wildman–Crippen MR) is 75.0 cm³/mol. The lowest BCUT2D eigenvalue weighted by Crippen LogP contribution is -2.38. The van der Waals surface area contributed by atoms with Crippen molar-refractivity contribution in [2.45, 2.75) is 26.7 Å². The smallest absolute Gasteiger partial charge is 0.318 e. The molecule has 0 radical (unpaired) electrons. The summed E-state index contributed by atoms with van der Waals surface area (Å²) in [5.74, 6) is -0.234. The van der Waals surface area contributed by atoms with Crippen molar-refractivity contribution in [3.63, 3.8) is 0 Å². The Hall–Kier alpha value is -1.84. The number of hydrogen-bond donors (Lipinski definition) is 1. The SMILES string of the molecule is CCc1cccc(C)c1NC(=O)N1CCC=C(F)C1. The summed E-state index contributed by atoms with van der Waals surface area (Å²) in [7, 11) is 0. The van der Waals surface area contributed by atoms with Crippen LogP contribution in [0.2, 0.25) is 0 Å². The summed E-state index contributed by atoms with van der Waals surface area (Å²) in [6.45, 7) is 4.64. The fraction of sp³-hybridized carbons (Fsp3) is 0.400. The Labute approximate surface area is 113 Å². The Balaban J connectivity index is 2.13. The number of rotatable bonds is 2. The van der Waals surface area contributed by atoms with E-state index in [2.05, 4.69) is 5.32 Å². The summed E-state index contributed by atoms with van der Waals surface area (Å²) >= 11 is 0. The molecule has 19 heavy (non-hydrogen) atoms. The number of nitrogens with zero attached hydrogens (tertiary/aromatic N) is 1. The second-order valence-electron chi connectivity index (χ2n) is 4.75. The molecule has 102 valence electrons. The van der Waals surface area contributed by atoms with Crippen molar-refractivity contribution >= 4 is 11.7 Å². The number of aryl methyl sites for hydroxylation is 2. The molecule has 4 heteroatoms. The normalized spacial score (nSPS) is 15.1. The van der Waals surface area contributed by atoms with Gasteiger partial charge in [0, 0.05) is 12.2 Å². The number of carbonyl (C=O) groups excluding carboxylic acids is 1. The minimum absolute atomic E-state index is 0.0686. The molecule has 1 aromatic rings. The van der Waals surface area contributed by atoms with E-state index in [4.69, 9.17) is 0 Å². The monoisotopic (exact) mass is 262 g/mol. The molecule has 0 unspecified atom stereocenters. The van der Waals surface area contributed by atoms with Gasteiger partial charge in [-0.3, -0.25) is 0 Å². The summed E-state index contributed by atoms with van der Waals surface area (Å²) in [5, 5.41) is 2.91. The molecule has 1 N–H and O–H groups in total. The van der Waals surface area contributed by atoms with E-state index in [9.17, 15) is 9.18 Å². The largest absolute Gasteiger partial charge is 0.322 e. The molecule has 1 heterocycles. The van der Waals surface area contributed by atoms with E-state index in [0.29, 0.717) is 13.0 Å². The first-order valence-corrected chi connectivity index (χ1v) is 6.60. The van der Waals surface area contributed by atoms with Crippen molar-refractivity contribution in [3.05, 3.63) is 41.2 Å². The van der Waals surface area contributed by atoms with Crippen molar-refractivity contribution in [1.29, 1.82) is 0 Å². The molecule has 1 aliphatic rings. The van der Waals surface area contributed by atoms with Crippen LogP contribution in [-0.4, -0.2) is 24.0 Å². The van der Waals surface area contributed by atoms with Crippen LogP contribution >= 0.6 is 0 Å². The minimum atomic E-state index is -0.234. The average molecular weight is 262 g/mol. The van der Waals surface area contributed by atoms with Crippen LogP contribution in [0.15, 0.2) is 30.1 Å². The summed E-state index contributed by atoms with van der Waals surface area (Å²) < 4.78 is 13.2. The number of para-hydroxylation sites is 1.